The Labute approximate surface area is 146 Å². The average molecular weight is 371 g/mol. The van der Waals surface area contributed by atoms with Crippen molar-refractivity contribution in [2.24, 2.45) is 0 Å². The van der Waals surface area contributed by atoms with Gasteiger partial charge in [0.25, 0.3) is 5.44 Å². The Morgan fingerprint density at radius 1 is 1.32 bits per heavy atom. The first-order valence-corrected chi connectivity index (χ1v) is 8.66. The lowest BCUT2D eigenvalue weighted by molar-refractivity contribution is -0.178. The molecule has 1 aliphatic heterocycles. The zero-order valence-corrected chi connectivity index (χ0v) is 14.1. The molecule has 0 fully saturated rings. The first-order chi connectivity index (χ1) is 11.9. The minimum absolute atomic E-state index is 0.191. The van der Waals surface area contributed by atoms with Crippen LogP contribution in [0, 0.1) is 0 Å². The number of fused-ring (bicyclic) bond motifs is 1. The molecule has 0 bridgehead atoms. The molecule has 1 aromatic heterocycles. The third kappa shape index (κ3) is 4.00. The highest BCUT2D eigenvalue weighted by molar-refractivity contribution is 7.91. The minimum Gasteiger partial charge on any atom is -0.609 e. The SMILES string of the molecule is CN1CNc2cccc([S+]([O-])C(OCC(F)(F)F)c3ccccn3)c21. The Bertz CT molecular complexity index is 730. The number of halogens is 3. The van der Waals surface area contributed by atoms with E-state index < -0.39 is 29.4 Å². The van der Waals surface area contributed by atoms with Gasteiger partial charge in [-0.2, -0.15) is 13.2 Å². The molecule has 0 spiro atoms. The van der Waals surface area contributed by atoms with Crippen LogP contribution in [0.15, 0.2) is 47.5 Å². The Morgan fingerprint density at radius 3 is 2.80 bits per heavy atom. The van der Waals surface area contributed by atoms with Crippen LogP contribution < -0.4 is 10.2 Å². The lowest BCUT2D eigenvalue weighted by Gasteiger charge is -2.24. The summed E-state index contributed by atoms with van der Waals surface area (Å²) < 4.78 is 55.9. The molecular weight excluding hydrogens is 355 g/mol. The van der Waals surface area contributed by atoms with Crippen LogP contribution in [0.2, 0.25) is 0 Å². The van der Waals surface area contributed by atoms with Crippen molar-refractivity contribution in [1.29, 1.82) is 0 Å². The van der Waals surface area contributed by atoms with E-state index in [9.17, 15) is 17.7 Å². The number of pyridine rings is 1. The molecule has 0 saturated carbocycles. The molecule has 0 amide bonds. The van der Waals surface area contributed by atoms with Gasteiger partial charge in [-0.1, -0.05) is 12.1 Å². The number of hydrogen-bond acceptors (Lipinski definition) is 5. The van der Waals surface area contributed by atoms with Crippen LogP contribution in [0.1, 0.15) is 11.1 Å². The molecule has 1 aromatic carbocycles. The molecule has 0 saturated heterocycles. The Hall–Kier alpha value is -1.97. The van der Waals surface area contributed by atoms with E-state index >= 15 is 0 Å². The maximum atomic E-state index is 13.1. The highest BCUT2D eigenvalue weighted by Crippen LogP contribution is 2.41. The van der Waals surface area contributed by atoms with Gasteiger partial charge in [-0.3, -0.25) is 4.98 Å². The molecule has 2 heterocycles. The number of aromatic nitrogens is 1. The fourth-order valence-corrected chi connectivity index (χ4v) is 4.01. The van der Waals surface area contributed by atoms with Gasteiger partial charge in [-0.05, 0) is 24.3 Å². The summed E-state index contributed by atoms with van der Waals surface area (Å²) in [7, 11) is 1.81. The molecule has 1 N–H and O–H groups in total. The number of nitrogens with zero attached hydrogens (tertiary/aromatic N) is 2. The molecule has 1 aliphatic rings. The smallest absolute Gasteiger partial charge is 0.412 e. The zero-order valence-electron chi connectivity index (χ0n) is 13.3. The summed E-state index contributed by atoms with van der Waals surface area (Å²) in [5.41, 5.74) is 0.348. The van der Waals surface area contributed by atoms with Gasteiger partial charge in [-0.15, -0.1) is 0 Å². The van der Waals surface area contributed by atoms with Crippen molar-refractivity contribution >= 4 is 22.6 Å². The average Bonchev–Trinajstić information content (AvgIpc) is 2.96. The van der Waals surface area contributed by atoms with Crippen LogP contribution in [-0.2, 0) is 15.9 Å². The fraction of sp³-hybridized carbons (Fsp3) is 0.312. The van der Waals surface area contributed by atoms with Gasteiger partial charge in [-0.25, -0.2) is 0 Å². The first kappa shape index (κ1) is 17.8. The number of ether oxygens (including phenoxy) is 1. The monoisotopic (exact) mass is 371 g/mol. The first-order valence-electron chi connectivity index (χ1n) is 7.45. The molecule has 134 valence electrons. The molecule has 5 nitrogen and oxygen atoms in total. The molecule has 9 heteroatoms. The molecule has 2 atom stereocenters. The van der Waals surface area contributed by atoms with E-state index in [-0.39, 0.29) is 5.69 Å². The number of alkyl halides is 3. The van der Waals surface area contributed by atoms with Gasteiger partial charge < -0.3 is 19.5 Å². The van der Waals surface area contributed by atoms with Crippen molar-refractivity contribution in [3.8, 4) is 0 Å². The largest absolute Gasteiger partial charge is 0.609 e. The van der Waals surface area contributed by atoms with Crippen LogP contribution >= 0.6 is 0 Å². The zero-order chi connectivity index (χ0) is 18.0. The molecular formula is C16H16F3N3O2S. The molecule has 25 heavy (non-hydrogen) atoms. The number of benzene rings is 1. The molecule has 2 unspecified atom stereocenters. The van der Waals surface area contributed by atoms with Gasteiger partial charge in [0.1, 0.15) is 18.0 Å². The van der Waals surface area contributed by atoms with E-state index in [2.05, 4.69) is 10.3 Å². The van der Waals surface area contributed by atoms with E-state index in [1.165, 1.54) is 12.3 Å². The van der Waals surface area contributed by atoms with Crippen molar-refractivity contribution in [2.45, 2.75) is 16.5 Å². The summed E-state index contributed by atoms with van der Waals surface area (Å²) in [6.07, 6.45) is -3.09. The number of rotatable bonds is 5. The third-order valence-corrected chi connectivity index (χ3v) is 5.16. The number of anilines is 2. The second-order valence-corrected chi connectivity index (χ2v) is 6.96. The Morgan fingerprint density at radius 2 is 2.12 bits per heavy atom. The summed E-state index contributed by atoms with van der Waals surface area (Å²) >= 11 is -1.88. The van der Waals surface area contributed by atoms with Gasteiger partial charge in [0.15, 0.2) is 4.90 Å². The highest BCUT2D eigenvalue weighted by Gasteiger charge is 2.38. The topological polar surface area (TPSA) is 60.5 Å². The van der Waals surface area contributed by atoms with Crippen LogP contribution in [0.25, 0.3) is 0 Å². The molecule has 0 radical (unpaired) electrons. The van der Waals surface area contributed by atoms with Crippen LogP contribution in [0.3, 0.4) is 0 Å². The van der Waals surface area contributed by atoms with E-state index in [0.717, 1.165) is 5.69 Å². The van der Waals surface area contributed by atoms with Gasteiger partial charge in [0, 0.05) is 24.4 Å². The van der Waals surface area contributed by atoms with Crippen molar-refractivity contribution in [2.75, 3.05) is 30.5 Å². The van der Waals surface area contributed by atoms with Crippen LogP contribution in [0.5, 0.6) is 0 Å². The number of hydrogen-bond donors (Lipinski definition) is 1. The van der Waals surface area contributed by atoms with Crippen molar-refractivity contribution < 1.29 is 22.5 Å². The summed E-state index contributed by atoms with van der Waals surface area (Å²) in [5.74, 6) is 0. The second kappa shape index (κ2) is 7.11. The fourth-order valence-electron chi connectivity index (χ4n) is 2.56. The third-order valence-electron chi connectivity index (χ3n) is 3.63. The Balaban J connectivity index is 1.95. The summed E-state index contributed by atoms with van der Waals surface area (Å²) in [4.78, 5) is 6.28. The van der Waals surface area contributed by atoms with Gasteiger partial charge in [0.05, 0.1) is 12.4 Å². The van der Waals surface area contributed by atoms with E-state index in [0.29, 0.717) is 17.3 Å². The highest BCUT2D eigenvalue weighted by atomic mass is 32.2. The molecule has 3 rings (SSSR count). The quantitative estimate of drug-likeness (QED) is 0.818. The van der Waals surface area contributed by atoms with E-state index in [1.807, 2.05) is 18.0 Å². The van der Waals surface area contributed by atoms with Crippen LogP contribution in [0.4, 0.5) is 24.5 Å². The maximum Gasteiger partial charge on any atom is 0.412 e. The predicted molar refractivity (Wildman–Crippen MR) is 88.7 cm³/mol. The lowest BCUT2D eigenvalue weighted by Crippen LogP contribution is -2.26. The van der Waals surface area contributed by atoms with Crippen molar-refractivity contribution in [1.82, 2.24) is 4.98 Å². The minimum atomic E-state index is -4.52. The van der Waals surface area contributed by atoms with Gasteiger partial charge in [0.2, 0.25) is 0 Å². The second-order valence-electron chi connectivity index (χ2n) is 5.50. The molecule has 0 aliphatic carbocycles. The summed E-state index contributed by atoms with van der Waals surface area (Å²) in [6.45, 7) is -0.968. The normalized spacial score (nSPS) is 16.3. The van der Waals surface area contributed by atoms with Crippen molar-refractivity contribution in [3.05, 3.63) is 48.3 Å². The van der Waals surface area contributed by atoms with Gasteiger partial charge >= 0.3 is 6.18 Å². The number of nitrogens with one attached hydrogen (secondary N) is 1. The maximum absolute atomic E-state index is 13.1. The number of para-hydroxylation sites is 1. The summed E-state index contributed by atoms with van der Waals surface area (Å²) in [6, 6.07) is 9.91. The molecule has 2 aromatic rings. The predicted octanol–water partition coefficient (Wildman–Crippen LogP) is 3.29. The van der Waals surface area contributed by atoms with E-state index in [1.54, 1.807) is 24.3 Å². The lowest BCUT2D eigenvalue weighted by atomic mass is 10.3. The Kier molecular flexibility index (Phi) is 5.07. The summed E-state index contributed by atoms with van der Waals surface area (Å²) in [5, 5.41) is 3.14. The standard InChI is InChI=1S/C16H16F3N3O2S/c1-22-10-21-11-6-4-7-13(14(11)22)25(23)15(24-9-16(17,18)19)12-5-2-3-8-20-12/h2-8,15,21H,9-10H2,1H3. The van der Waals surface area contributed by atoms with E-state index in [4.69, 9.17) is 4.74 Å². The van der Waals surface area contributed by atoms with Crippen molar-refractivity contribution in [3.63, 3.8) is 0 Å². The van der Waals surface area contributed by atoms with Crippen LogP contribution in [-0.4, -0.2) is 36.0 Å².